The van der Waals surface area contributed by atoms with Gasteiger partial charge in [0.05, 0.1) is 0 Å². The van der Waals surface area contributed by atoms with Crippen molar-refractivity contribution < 1.29 is 9.47 Å². The fraction of sp³-hybridized carbons (Fsp3) is 0.692. The molecule has 0 aliphatic heterocycles. The minimum atomic E-state index is 0.361. The topological polar surface area (TPSA) is 73.5 Å². The van der Waals surface area contributed by atoms with E-state index in [0.717, 1.165) is 12.6 Å². The van der Waals surface area contributed by atoms with Crippen LogP contribution in [0.3, 0.4) is 0 Å². The molecule has 1 heterocycles. The van der Waals surface area contributed by atoms with Crippen molar-refractivity contribution in [2.45, 2.75) is 32.4 Å². The van der Waals surface area contributed by atoms with E-state index in [1.165, 1.54) is 12.8 Å². The van der Waals surface area contributed by atoms with Crippen LogP contribution in [-0.4, -0.2) is 47.7 Å². The standard InChI is InChI=1S/C13H22N4O2/c1-3-18-9-12-15-11(14)8-13(16-12)19-7-6-17(2)10-4-5-10/h8,10H,3-7,9H2,1-2H3,(H2,14,15,16). The van der Waals surface area contributed by atoms with Crippen molar-refractivity contribution >= 4 is 5.82 Å². The number of nitrogens with zero attached hydrogens (tertiary/aromatic N) is 3. The second-order valence-corrected chi connectivity index (χ2v) is 4.74. The number of rotatable bonds is 8. The molecule has 1 aromatic rings. The van der Waals surface area contributed by atoms with Crippen LogP contribution >= 0.6 is 0 Å². The first kappa shape index (κ1) is 14.0. The Hall–Kier alpha value is -1.40. The summed E-state index contributed by atoms with van der Waals surface area (Å²) in [5.74, 6) is 1.49. The van der Waals surface area contributed by atoms with Crippen LogP contribution < -0.4 is 10.5 Å². The van der Waals surface area contributed by atoms with Gasteiger partial charge in [-0.3, -0.25) is 0 Å². The van der Waals surface area contributed by atoms with Gasteiger partial charge < -0.3 is 20.1 Å². The van der Waals surface area contributed by atoms with Gasteiger partial charge in [0, 0.05) is 25.3 Å². The summed E-state index contributed by atoms with van der Waals surface area (Å²) < 4.78 is 10.9. The Labute approximate surface area is 113 Å². The SMILES string of the molecule is CCOCc1nc(N)cc(OCCN(C)C2CC2)n1. The summed E-state index contributed by atoms with van der Waals surface area (Å²) >= 11 is 0. The van der Waals surface area contributed by atoms with E-state index in [1.54, 1.807) is 6.07 Å². The molecule has 0 spiro atoms. The van der Waals surface area contributed by atoms with E-state index >= 15 is 0 Å². The highest BCUT2D eigenvalue weighted by atomic mass is 16.5. The van der Waals surface area contributed by atoms with Crippen molar-refractivity contribution in [2.24, 2.45) is 0 Å². The molecule has 1 aromatic heterocycles. The molecule has 1 aliphatic rings. The predicted octanol–water partition coefficient (Wildman–Crippen LogP) is 1.07. The van der Waals surface area contributed by atoms with Gasteiger partial charge >= 0.3 is 0 Å². The first-order valence-electron chi connectivity index (χ1n) is 6.73. The smallest absolute Gasteiger partial charge is 0.218 e. The Bertz CT molecular complexity index is 410. The molecule has 0 bridgehead atoms. The molecule has 19 heavy (non-hydrogen) atoms. The maximum atomic E-state index is 5.72. The monoisotopic (exact) mass is 266 g/mol. The summed E-state index contributed by atoms with van der Waals surface area (Å²) in [6.45, 7) is 4.42. The number of likely N-dealkylation sites (N-methyl/N-ethyl adjacent to an activating group) is 1. The first-order chi connectivity index (χ1) is 9.19. The molecular formula is C13H22N4O2. The van der Waals surface area contributed by atoms with Crippen molar-refractivity contribution in [1.82, 2.24) is 14.9 Å². The third-order valence-corrected chi connectivity index (χ3v) is 3.07. The number of hydrogen-bond donors (Lipinski definition) is 1. The number of hydrogen-bond acceptors (Lipinski definition) is 6. The largest absolute Gasteiger partial charge is 0.476 e. The van der Waals surface area contributed by atoms with E-state index < -0.39 is 0 Å². The summed E-state index contributed by atoms with van der Waals surface area (Å²) in [5, 5.41) is 0. The Morgan fingerprint density at radius 2 is 2.21 bits per heavy atom. The third-order valence-electron chi connectivity index (χ3n) is 3.07. The fourth-order valence-electron chi connectivity index (χ4n) is 1.82. The van der Waals surface area contributed by atoms with E-state index in [2.05, 4.69) is 21.9 Å². The van der Waals surface area contributed by atoms with Gasteiger partial charge in [-0.25, -0.2) is 4.98 Å². The molecule has 0 atom stereocenters. The summed E-state index contributed by atoms with van der Waals surface area (Å²) in [5.41, 5.74) is 5.72. The van der Waals surface area contributed by atoms with Gasteiger partial charge in [-0.2, -0.15) is 4.98 Å². The van der Waals surface area contributed by atoms with Gasteiger partial charge in [0.2, 0.25) is 5.88 Å². The lowest BCUT2D eigenvalue weighted by atomic mass is 10.5. The van der Waals surface area contributed by atoms with E-state index in [0.29, 0.717) is 37.3 Å². The lowest BCUT2D eigenvalue weighted by Gasteiger charge is -2.15. The van der Waals surface area contributed by atoms with E-state index in [9.17, 15) is 0 Å². The molecular weight excluding hydrogens is 244 g/mol. The number of anilines is 1. The van der Waals surface area contributed by atoms with Gasteiger partial charge in [0.1, 0.15) is 19.0 Å². The van der Waals surface area contributed by atoms with Crippen molar-refractivity contribution in [3.05, 3.63) is 11.9 Å². The molecule has 2 N–H and O–H groups in total. The molecule has 0 unspecified atom stereocenters. The average molecular weight is 266 g/mol. The van der Waals surface area contributed by atoms with Crippen LogP contribution in [0.4, 0.5) is 5.82 Å². The molecule has 0 saturated heterocycles. The van der Waals surface area contributed by atoms with Gasteiger partial charge in [0.25, 0.3) is 0 Å². The molecule has 2 rings (SSSR count). The Morgan fingerprint density at radius 3 is 2.89 bits per heavy atom. The van der Waals surface area contributed by atoms with Crippen LogP contribution in [0.25, 0.3) is 0 Å². The highest BCUT2D eigenvalue weighted by molar-refractivity contribution is 5.32. The maximum Gasteiger partial charge on any atom is 0.218 e. The molecule has 1 saturated carbocycles. The second-order valence-electron chi connectivity index (χ2n) is 4.74. The molecule has 6 nitrogen and oxygen atoms in total. The normalized spacial score (nSPS) is 14.9. The van der Waals surface area contributed by atoms with Crippen LogP contribution in [0, 0.1) is 0 Å². The molecule has 0 aromatic carbocycles. The molecule has 1 fully saturated rings. The zero-order valence-electron chi connectivity index (χ0n) is 11.6. The number of ether oxygens (including phenoxy) is 2. The predicted molar refractivity (Wildman–Crippen MR) is 72.9 cm³/mol. The fourth-order valence-corrected chi connectivity index (χ4v) is 1.82. The lowest BCUT2D eigenvalue weighted by molar-refractivity contribution is 0.127. The molecule has 6 heteroatoms. The van der Waals surface area contributed by atoms with Crippen molar-refractivity contribution in [1.29, 1.82) is 0 Å². The highest BCUT2D eigenvalue weighted by Crippen LogP contribution is 2.24. The molecule has 1 aliphatic carbocycles. The summed E-state index contributed by atoms with van der Waals surface area (Å²) in [6, 6.07) is 2.39. The second kappa shape index (κ2) is 6.68. The van der Waals surface area contributed by atoms with Crippen LogP contribution in [0.2, 0.25) is 0 Å². The Morgan fingerprint density at radius 1 is 1.42 bits per heavy atom. The number of nitrogen functional groups attached to an aromatic ring is 1. The van der Waals surface area contributed by atoms with Crippen LogP contribution in [0.1, 0.15) is 25.6 Å². The van der Waals surface area contributed by atoms with Gasteiger partial charge in [-0.05, 0) is 26.8 Å². The van der Waals surface area contributed by atoms with Gasteiger partial charge in [0.15, 0.2) is 5.82 Å². The zero-order valence-corrected chi connectivity index (χ0v) is 11.6. The summed E-state index contributed by atoms with van der Waals surface area (Å²) in [6.07, 6.45) is 2.60. The zero-order chi connectivity index (χ0) is 13.7. The summed E-state index contributed by atoms with van der Waals surface area (Å²) in [7, 11) is 2.12. The van der Waals surface area contributed by atoms with Crippen molar-refractivity contribution in [3.63, 3.8) is 0 Å². The Kier molecular flexibility index (Phi) is 4.93. The Balaban J connectivity index is 1.82. The van der Waals surface area contributed by atoms with Crippen molar-refractivity contribution in [3.8, 4) is 5.88 Å². The van der Waals surface area contributed by atoms with E-state index in [4.69, 9.17) is 15.2 Å². The number of aromatic nitrogens is 2. The molecule has 0 amide bonds. The number of nitrogens with two attached hydrogens (primary N) is 1. The first-order valence-corrected chi connectivity index (χ1v) is 6.73. The maximum absolute atomic E-state index is 5.72. The van der Waals surface area contributed by atoms with Crippen LogP contribution in [0.5, 0.6) is 5.88 Å². The van der Waals surface area contributed by atoms with Crippen LogP contribution in [0.15, 0.2) is 6.07 Å². The summed E-state index contributed by atoms with van der Waals surface area (Å²) in [4.78, 5) is 10.7. The quantitative estimate of drug-likeness (QED) is 0.758. The van der Waals surface area contributed by atoms with E-state index in [1.807, 2.05) is 6.92 Å². The minimum absolute atomic E-state index is 0.361. The van der Waals surface area contributed by atoms with Crippen molar-refractivity contribution in [2.75, 3.05) is 32.5 Å². The van der Waals surface area contributed by atoms with Gasteiger partial charge in [-0.15, -0.1) is 0 Å². The third kappa shape index (κ3) is 4.65. The van der Waals surface area contributed by atoms with Crippen LogP contribution in [-0.2, 0) is 11.3 Å². The minimum Gasteiger partial charge on any atom is -0.476 e. The molecule has 106 valence electrons. The highest BCUT2D eigenvalue weighted by Gasteiger charge is 2.25. The lowest BCUT2D eigenvalue weighted by Crippen LogP contribution is -2.26. The van der Waals surface area contributed by atoms with Gasteiger partial charge in [-0.1, -0.05) is 0 Å². The molecule has 0 radical (unpaired) electrons. The van der Waals surface area contributed by atoms with E-state index in [-0.39, 0.29) is 0 Å². The average Bonchev–Trinajstić information content (AvgIpc) is 3.20.